The minimum Gasteiger partial charge on any atom is -0.482 e. The highest BCUT2D eigenvalue weighted by Gasteiger charge is 2.22. The lowest BCUT2D eigenvalue weighted by molar-refractivity contribution is -0.139. The van der Waals surface area contributed by atoms with Gasteiger partial charge in [-0.2, -0.15) is 9.78 Å². The smallest absolute Gasteiger partial charge is 0.341 e. The molecule has 30 heavy (non-hydrogen) atoms. The number of ether oxygens (including phenoxy) is 1. The fourth-order valence-electron chi connectivity index (χ4n) is 3.80. The molecule has 4 rings (SSSR count). The molecule has 1 N–H and O–H groups in total. The Balaban J connectivity index is 1.67. The van der Waals surface area contributed by atoms with E-state index in [1.54, 1.807) is 36.5 Å². The fourth-order valence-corrected chi connectivity index (χ4v) is 3.80. The number of hydrogen-bond acceptors (Lipinski definition) is 5. The van der Waals surface area contributed by atoms with Crippen LogP contribution in [0.4, 0.5) is 0 Å². The van der Waals surface area contributed by atoms with Crippen LogP contribution >= 0.6 is 0 Å². The molecule has 0 radical (unpaired) electrons. The molecule has 0 saturated heterocycles. The van der Waals surface area contributed by atoms with Crippen molar-refractivity contribution in [1.29, 1.82) is 0 Å². The Morgan fingerprint density at radius 3 is 2.60 bits per heavy atom. The highest BCUT2D eigenvalue weighted by atomic mass is 16.5. The molecule has 0 aliphatic heterocycles. The minimum atomic E-state index is -1.03. The first-order chi connectivity index (χ1) is 14.6. The number of rotatable bonds is 6. The molecule has 2 aromatic carbocycles. The number of carboxylic acid groups (broad SMARTS) is 1. The molecule has 1 aliphatic rings. The van der Waals surface area contributed by atoms with Crippen LogP contribution in [0.3, 0.4) is 0 Å². The third kappa shape index (κ3) is 4.40. The van der Waals surface area contributed by atoms with Crippen molar-refractivity contribution in [2.45, 2.75) is 38.0 Å². The zero-order valence-electron chi connectivity index (χ0n) is 16.5. The molecule has 0 bridgehead atoms. The van der Waals surface area contributed by atoms with Crippen molar-refractivity contribution in [3.63, 3.8) is 0 Å². The van der Waals surface area contributed by atoms with Gasteiger partial charge in [0.2, 0.25) is 0 Å². The van der Waals surface area contributed by atoms with E-state index in [0.717, 1.165) is 37.1 Å². The molecule has 1 aromatic heterocycles. The van der Waals surface area contributed by atoms with Crippen molar-refractivity contribution in [3.05, 3.63) is 70.3 Å². The summed E-state index contributed by atoms with van der Waals surface area (Å²) in [6.07, 6.45) is 7.12. The number of benzene rings is 2. The Morgan fingerprint density at radius 2 is 1.87 bits per heavy atom. The second kappa shape index (κ2) is 8.90. The van der Waals surface area contributed by atoms with E-state index in [2.05, 4.69) is 5.10 Å². The number of hydrogen-bond donors (Lipinski definition) is 1. The average Bonchev–Trinajstić information content (AvgIpc) is 2.78. The van der Waals surface area contributed by atoms with Crippen LogP contribution < -0.4 is 10.3 Å². The molecule has 1 fully saturated rings. The van der Waals surface area contributed by atoms with E-state index >= 15 is 0 Å². The molecular formula is C23H23N3O4. The largest absolute Gasteiger partial charge is 0.482 e. The second-order valence-corrected chi connectivity index (χ2v) is 7.44. The molecule has 154 valence electrons. The summed E-state index contributed by atoms with van der Waals surface area (Å²) < 4.78 is 6.58. The molecule has 1 aliphatic carbocycles. The summed E-state index contributed by atoms with van der Waals surface area (Å²) in [4.78, 5) is 28.6. The first-order valence-corrected chi connectivity index (χ1v) is 10.1. The molecule has 1 heterocycles. The van der Waals surface area contributed by atoms with E-state index in [1.165, 1.54) is 11.1 Å². The van der Waals surface area contributed by atoms with Gasteiger partial charge < -0.3 is 9.84 Å². The summed E-state index contributed by atoms with van der Waals surface area (Å²) in [5.74, 6) is 0.372. The van der Waals surface area contributed by atoms with Gasteiger partial charge in [-0.1, -0.05) is 31.4 Å². The maximum absolute atomic E-state index is 13.1. The SMILES string of the molecule is O=C(O)COc1ccc(C=Nn2c(C3CCCCC3)nc3ccccc3c2=O)cc1. The van der Waals surface area contributed by atoms with Crippen LogP contribution in [0.15, 0.2) is 58.4 Å². The molecule has 1 saturated carbocycles. The summed E-state index contributed by atoms with van der Waals surface area (Å²) in [5, 5.41) is 13.7. The minimum absolute atomic E-state index is 0.168. The van der Waals surface area contributed by atoms with Crippen LogP contribution in [-0.4, -0.2) is 33.6 Å². The van der Waals surface area contributed by atoms with Gasteiger partial charge in [-0.3, -0.25) is 4.79 Å². The first-order valence-electron chi connectivity index (χ1n) is 10.1. The number of nitrogens with zero attached hydrogens (tertiary/aromatic N) is 3. The maximum atomic E-state index is 13.1. The normalized spacial score (nSPS) is 14.9. The summed E-state index contributed by atoms with van der Waals surface area (Å²) >= 11 is 0. The standard InChI is InChI=1S/C23H23N3O4/c27-21(28)15-30-18-12-10-16(11-13-18)14-24-26-22(17-6-2-1-3-7-17)25-20-9-5-4-8-19(20)23(26)29/h4-5,8-14,17H,1-3,6-7,15H2,(H,27,28). The Labute approximate surface area is 173 Å². The number of aromatic nitrogens is 2. The Bertz CT molecular complexity index is 1130. The Morgan fingerprint density at radius 1 is 1.13 bits per heavy atom. The van der Waals surface area contributed by atoms with Gasteiger partial charge in [0.1, 0.15) is 11.6 Å². The predicted octanol–water partition coefficient (Wildman–Crippen LogP) is 3.79. The van der Waals surface area contributed by atoms with Gasteiger partial charge in [-0.05, 0) is 54.8 Å². The monoisotopic (exact) mass is 405 g/mol. The summed E-state index contributed by atoms with van der Waals surface area (Å²) in [6, 6.07) is 14.2. The molecule has 3 aromatic rings. The Kier molecular flexibility index (Phi) is 5.88. The van der Waals surface area contributed by atoms with Crippen molar-refractivity contribution >= 4 is 23.1 Å². The van der Waals surface area contributed by atoms with Crippen molar-refractivity contribution < 1.29 is 14.6 Å². The predicted molar refractivity (Wildman–Crippen MR) is 114 cm³/mol. The van der Waals surface area contributed by atoms with Gasteiger partial charge in [0.25, 0.3) is 5.56 Å². The molecule has 7 nitrogen and oxygen atoms in total. The lowest BCUT2D eigenvalue weighted by Gasteiger charge is -2.22. The van der Waals surface area contributed by atoms with Crippen molar-refractivity contribution in [2.75, 3.05) is 6.61 Å². The highest BCUT2D eigenvalue weighted by Crippen LogP contribution is 2.31. The van der Waals surface area contributed by atoms with Crippen LogP contribution in [0.2, 0.25) is 0 Å². The highest BCUT2D eigenvalue weighted by molar-refractivity contribution is 5.80. The van der Waals surface area contributed by atoms with Gasteiger partial charge in [-0.15, -0.1) is 0 Å². The molecule has 0 spiro atoms. The quantitative estimate of drug-likeness (QED) is 0.630. The maximum Gasteiger partial charge on any atom is 0.341 e. The average molecular weight is 405 g/mol. The topological polar surface area (TPSA) is 93.8 Å². The van der Waals surface area contributed by atoms with E-state index in [0.29, 0.717) is 16.7 Å². The van der Waals surface area contributed by atoms with Gasteiger partial charge in [0.15, 0.2) is 6.61 Å². The third-order valence-electron chi connectivity index (χ3n) is 5.31. The number of fused-ring (bicyclic) bond motifs is 1. The van der Waals surface area contributed by atoms with Gasteiger partial charge >= 0.3 is 5.97 Å². The number of aliphatic carboxylic acids is 1. The van der Waals surface area contributed by atoms with E-state index in [4.69, 9.17) is 14.8 Å². The van der Waals surface area contributed by atoms with E-state index in [9.17, 15) is 9.59 Å². The van der Waals surface area contributed by atoms with E-state index < -0.39 is 12.6 Å². The summed E-state index contributed by atoms with van der Waals surface area (Å²) in [5.41, 5.74) is 1.31. The van der Waals surface area contributed by atoms with Gasteiger partial charge in [0.05, 0.1) is 17.1 Å². The third-order valence-corrected chi connectivity index (χ3v) is 5.31. The molecule has 0 unspecified atom stereocenters. The zero-order valence-corrected chi connectivity index (χ0v) is 16.5. The summed E-state index contributed by atoms with van der Waals surface area (Å²) in [6.45, 7) is -0.393. The molecule has 0 atom stereocenters. The number of carboxylic acids is 1. The van der Waals surface area contributed by atoms with Crippen molar-refractivity contribution in [3.8, 4) is 5.75 Å². The van der Waals surface area contributed by atoms with Gasteiger partial charge in [-0.25, -0.2) is 9.78 Å². The van der Waals surface area contributed by atoms with E-state index in [1.807, 2.05) is 18.2 Å². The molecular weight excluding hydrogens is 382 g/mol. The second-order valence-electron chi connectivity index (χ2n) is 7.44. The van der Waals surface area contributed by atoms with Crippen molar-refractivity contribution in [1.82, 2.24) is 9.66 Å². The van der Waals surface area contributed by atoms with Crippen LogP contribution in [0.1, 0.15) is 49.4 Å². The molecule has 0 amide bonds. The zero-order chi connectivity index (χ0) is 20.9. The van der Waals surface area contributed by atoms with Crippen molar-refractivity contribution in [2.24, 2.45) is 5.10 Å². The fraction of sp³-hybridized carbons (Fsp3) is 0.304. The van der Waals surface area contributed by atoms with Crippen LogP contribution in [-0.2, 0) is 4.79 Å². The van der Waals surface area contributed by atoms with Gasteiger partial charge in [0, 0.05) is 5.92 Å². The van der Waals surface area contributed by atoms with E-state index in [-0.39, 0.29) is 11.5 Å². The summed E-state index contributed by atoms with van der Waals surface area (Å²) in [7, 11) is 0. The first kappa shape index (κ1) is 19.8. The van der Waals surface area contributed by atoms with Crippen LogP contribution in [0.5, 0.6) is 5.75 Å². The Hall–Kier alpha value is -3.48. The van der Waals surface area contributed by atoms with Crippen LogP contribution in [0, 0.1) is 0 Å². The lowest BCUT2D eigenvalue weighted by Crippen LogP contribution is -2.25. The molecule has 7 heteroatoms. The van der Waals surface area contributed by atoms with Crippen LogP contribution in [0.25, 0.3) is 10.9 Å². The lowest BCUT2D eigenvalue weighted by atomic mass is 9.88. The number of carbonyl (C=O) groups is 1. The number of para-hydroxylation sites is 1.